The average Bonchev–Trinajstić information content (AvgIpc) is 2.50. The highest BCUT2D eigenvalue weighted by atomic mass is 35.5. The van der Waals surface area contributed by atoms with Crippen molar-refractivity contribution in [1.29, 1.82) is 0 Å². The molecule has 0 unspecified atom stereocenters. The zero-order valence-electron chi connectivity index (χ0n) is 14.8. The molecular formula is C20H24ClNO2. The Morgan fingerprint density at radius 1 is 1.04 bits per heavy atom. The smallest absolute Gasteiger partial charge is 0.261 e. The van der Waals surface area contributed by atoms with Crippen molar-refractivity contribution in [1.82, 2.24) is 5.32 Å². The van der Waals surface area contributed by atoms with Gasteiger partial charge in [0.2, 0.25) is 0 Å². The highest BCUT2D eigenvalue weighted by Crippen LogP contribution is 2.22. The van der Waals surface area contributed by atoms with Crippen LogP contribution in [0.4, 0.5) is 0 Å². The molecule has 0 aliphatic heterocycles. The molecule has 24 heavy (non-hydrogen) atoms. The minimum atomic E-state index is -0.599. The molecule has 2 atom stereocenters. The van der Waals surface area contributed by atoms with Crippen LogP contribution in [0.15, 0.2) is 36.4 Å². The first-order valence-corrected chi connectivity index (χ1v) is 8.46. The second kappa shape index (κ2) is 7.71. The normalized spacial score (nSPS) is 13.2. The van der Waals surface area contributed by atoms with Crippen molar-refractivity contribution in [2.24, 2.45) is 0 Å². The predicted octanol–water partition coefficient (Wildman–Crippen LogP) is 4.91. The molecule has 0 aliphatic rings. The van der Waals surface area contributed by atoms with E-state index in [0.717, 1.165) is 5.56 Å². The molecule has 0 bridgehead atoms. The van der Waals surface area contributed by atoms with E-state index in [1.54, 1.807) is 31.2 Å². The third kappa shape index (κ3) is 4.51. The number of halogens is 1. The molecule has 0 saturated heterocycles. The number of amides is 1. The van der Waals surface area contributed by atoms with Crippen LogP contribution in [0.1, 0.15) is 42.1 Å². The molecule has 1 amide bonds. The molecule has 0 aromatic heterocycles. The number of hydrogen-bond acceptors (Lipinski definition) is 2. The van der Waals surface area contributed by atoms with Crippen molar-refractivity contribution >= 4 is 17.5 Å². The van der Waals surface area contributed by atoms with E-state index >= 15 is 0 Å². The summed E-state index contributed by atoms with van der Waals surface area (Å²) in [6.07, 6.45) is -0.599. The Labute approximate surface area is 149 Å². The van der Waals surface area contributed by atoms with Gasteiger partial charge in [0.25, 0.3) is 5.91 Å². The molecule has 128 valence electrons. The van der Waals surface area contributed by atoms with Crippen LogP contribution in [0, 0.1) is 20.8 Å². The van der Waals surface area contributed by atoms with E-state index < -0.39 is 6.10 Å². The standard InChI is InChI=1S/C20H24ClNO2/c1-12-9-14(3)19(10-13(12)2)15(4)22-20(23)16(5)24-18-8-6-7-17(21)11-18/h6-11,15-16H,1-5H3,(H,22,23)/t15-,16+/m0/s1. The number of ether oxygens (including phenoxy) is 1. The third-order valence-electron chi connectivity index (χ3n) is 4.19. The van der Waals surface area contributed by atoms with Crippen LogP contribution in [0.3, 0.4) is 0 Å². The summed E-state index contributed by atoms with van der Waals surface area (Å²) in [7, 11) is 0. The highest BCUT2D eigenvalue weighted by Gasteiger charge is 2.19. The molecule has 3 nitrogen and oxygen atoms in total. The Bertz CT molecular complexity index is 742. The van der Waals surface area contributed by atoms with Gasteiger partial charge in [-0.25, -0.2) is 0 Å². The molecule has 0 saturated carbocycles. The summed E-state index contributed by atoms with van der Waals surface area (Å²) < 4.78 is 5.67. The number of benzene rings is 2. The molecule has 2 rings (SSSR count). The summed E-state index contributed by atoms with van der Waals surface area (Å²) in [5.74, 6) is 0.431. The van der Waals surface area contributed by atoms with E-state index in [1.165, 1.54) is 16.7 Å². The first-order chi connectivity index (χ1) is 11.3. The molecular weight excluding hydrogens is 322 g/mol. The number of nitrogens with one attached hydrogen (secondary N) is 1. The van der Waals surface area contributed by atoms with Crippen molar-refractivity contribution in [2.75, 3.05) is 0 Å². The largest absolute Gasteiger partial charge is 0.481 e. The van der Waals surface area contributed by atoms with Crippen LogP contribution < -0.4 is 10.1 Å². The van der Waals surface area contributed by atoms with Gasteiger partial charge >= 0.3 is 0 Å². The maximum atomic E-state index is 12.4. The van der Waals surface area contributed by atoms with E-state index in [-0.39, 0.29) is 11.9 Å². The summed E-state index contributed by atoms with van der Waals surface area (Å²) >= 11 is 5.94. The molecule has 1 N–H and O–H groups in total. The Morgan fingerprint density at radius 3 is 2.38 bits per heavy atom. The lowest BCUT2D eigenvalue weighted by Gasteiger charge is -2.21. The predicted molar refractivity (Wildman–Crippen MR) is 98.8 cm³/mol. The molecule has 0 fully saturated rings. The molecule has 4 heteroatoms. The number of carbonyl (C=O) groups excluding carboxylic acids is 1. The minimum absolute atomic E-state index is 0.0813. The molecule has 0 aliphatic carbocycles. The quantitative estimate of drug-likeness (QED) is 0.836. The van der Waals surface area contributed by atoms with Crippen LogP contribution in [-0.4, -0.2) is 12.0 Å². The van der Waals surface area contributed by atoms with E-state index in [9.17, 15) is 4.79 Å². The van der Waals surface area contributed by atoms with Gasteiger partial charge in [0.05, 0.1) is 6.04 Å². The highest BCUT2D eigenvalue weighted by molar-refractivity contribution is 6.30. The van der Waals surface area contributed by atoms with Crippen LogP contribution in [0.25, 0.3) is 0 Å². The lowest BCUT2D eigenvalue weighted by molar-refractivity contribution is -0.127. The number of aryl methyl sites for hydroxylation is 3. The van der Waals surface area contributed by atoms with E-state index in [1.807, 2.05) is 6.92 Å². The Morgan fingerprint density at radius 2 is 1.71 bits per heavy atom. The number of rotatable bonds is 5. The van der Waals surface area contributed by atoms with Crippen molar-refractivity contribution in [3.05, 3.63) is 63.7 Å². The van der Waals surface area contributed by atoms with Gasteiger partial charge in [-0.05, 0) is 75.1 Å². The second-order valence-electron chi connectivity index (χ2n) is 6.24. The van der Waals surface area contributed by atoms with Gasteiger partial charge in [0.15, 0.2) is 6.10 Å². The molecule has 0 heterocycles. The number of carbonyl (C=O) groups is 1. The summed E-state index contributed by atoms with van der Waals surface area (Å²) in [4.78, 5) is 12.4. The second-order valence-corrected chi connectivity index (χ2v) is 6.68. The maximum Gasteiger partial charge on any atom is 0.261 e. The Kier molecular flexibility index (Phi) is 5.89. The van der Waals surface area contributed by atoms with Gasteiger partial charge in [0.1, 0.15) is 5.75 Å². The van der Waals surface area contributed by atoms with Crippen LogP contribution in [0.2, 0.25) is 5.02 Å². The van der Waals surface area contributed by atoms with Crippen LogP contribution in [-0.2, 0) is 4.79 Å². The molecule has 2 aromatic carbocycles. The summed E-state index contributed by atoms with van der Waals surface area (Å²) in [6, 6.07) is 11.3. The SMILES string of the molecule is Cc1cc(C)c([C@H](C)NC(=O)[C@@H](C)Oc2cccc(Cl)c2)cc1C. The summed E-state index contributed by atoms with van der Waals surface area (Å²) in [6.45, 7) is 9.96. The maximum absolute atomic E-state index is 12.4. The fraction of sp³-hybridized carbons (Fsp3) is 0.350. The molecule has 2 aromatic rings. The van der Waals surface area contributed by atoms with E-state index in [0.29, 0.717) is 10.8 Å². The van der Waals surface area contributed by atoms with Gasteiger partial charge in [-0.15, -0.1) is 0 Å². The van der Waals surface area contributed by atoms with Gasteiger partial charge in [0, 0.05) is 5.02 Å². The minimum Gasteiger partial charge on any atom is -0.481 e. The topological polar surface area (TPSA) is 38.3 Å². The number of hydrogen-bond donors (Lipinski definition) is 1. The van der Waals surface area contributed by atoms with E-state index in [4.69, 9.17) is 16.3 Å². The first kappa shape index (κ1) is 18.3. The van der Waals surface area contributed by atoms with Crippen molar-refractivity contribution < 1.29 is 9.53 Å². The fourth-order valence-electron chi connectivity index (χ4n) is 2.66. The zero-order chi connectivity index (χ0) is 17.9. The zero-order valence-corrected chi connectivity index (χ0v) is 15.6. The monoisotopic (exact) mass is 345 g/mol. The average molecular weight is 346 g/mol. The van der Waals surface area contributed by atoms with Crippen molar-refractivity contribution in [3.8, 4) is 5.75 Å². The molecule has 0 spiro atoms. The van der Waals surface area contributed by atoms with Gasteiger partial charge in [-0.1, -0.05) is 29.8 Å². The van der Waals surface area contributed by atoms with Crippen molar-refractivity contribution in [2.45, 2.75) is 46.8 Å². The Balaban J connectivity index is 2.04. The van der Waals surface area contributed by atoms with Gasteiger partial charge in [-0.2, -0.15) is 0 Å². The molecule has 0 radical (unpaired) electrons. The summed E-state index contributed by atoms with van der Waals surface area (Å²) in [5, 5.41) is 3.60. The lowest BCUT2D eigenvalue weighted by Crippen LogP contribution is -2.38. The third-order valence-corrected chi connectivity index (χ3v) is 4.42. The van der Waals surface area contributed by atoms with Crippen molar-refractivity contribution in [3.63, 3.8) is 0 Å². The lowest BCUT2D eigenvalue weighted by atomic mass is 9.96. The summed E-state index contributed by atoms with van der Waals surface area (Å²) in [5.41, 5.74) is 4.78. The van der Waals surface area contributed by atoms with Gasteiger partial charge in [-0.3, -0.25) is 4.79 Å². The van der Waals surface area contributed by atoms with Crippen LogP contribution >= 0.6 is 11.6 Å². The first-order valence-electron chi connectivity index (χ1n) is 8.08. The Hall–Kier alpha value is -2.00. The van der Waals surface area contributed by atoms with Crippen LogP contribution in [0.5, 0.6) is 5.75 Å². The van der Waals surface area contributed by atoms with Gasteiger partial charge < -0.3 is 10.1 Å². The van der Waals surface area contributed by atoms with E-state index in [2.05, 4.69) is 38.2 Å². The fourth-order valence-corrected chi connectivity index (χ4v) is 2.84.